The van der Waals surface area contributed by atoms with E-state index in [4.69, 9.17) is 10.8 Å². The Morgan fingerprint density at radius 2 is 2.38 bits per heavy atom. The average molecular weight is 118 g/mol. The maximum Gasteiger partial charge on any atom is 0.314 e. The number of urea groups is 1. The van der Waals surface area contributed by atoms with Gasteiger partial charge in [0.2, 0.25) is 0 Å². The van der Waals surface area contributed by atoms with Crippen LogP contribution in [0.25, 0.3) is 0 Å². The van der Waals surface area contributed by atoms with Crippen LogP contribution in [0, 0.1) is 0 Å². The highest BCUT2D eigenvalue weighted by Gasteiger charge is 1.98. The lowest BCUT2D eigenvalue weighted by Crippen LogP contribution is -2.33. The summed E-state index contributed by atoms with van der Waals surface area (Å²) >= 11 is 0. The molecule has 0 heterocycles. The Morgan fingerprint density at radius 1 is 1.88 bits per heavy atom. The fourth-order valence-electron chi connectivity index (χ4n) is 0.260. The number of carbonyl (C=O) groups is 1. The van der Waals surface area contributed by atoms with E-state index < -0.39 is 6.03 Å². The van der Waals surface area contributed by atoms with E-state index in [1.807, 2.05) is 0 Å². The minimum absolute atomic E-state index is 0.0422. The largest absolute Gasteiger partial charge is 0.395 e. The van der Waals surface area contributed by atoms with Crippen LogP contribution in [0.2, 0.25) is 0 Å². The lowest BCUT2D eigenvalue weighted by atomic mass is 10.6. The van der Waals surface area contributed by atoms with Crippen molar-refractivity contribution in [2.45, 2.75) is 0 Å². The van der Waals surface area contributed by atoms with E-state index in [0.717, 1.165) is 0 Å². The first-order chi connectivity index (χ1) is 3.68. The summed E-state index contributed by atoms with van der Waals surface area (Å²) in [4.78, 5) is 11.4. The van der Waals surface area contributed by atoms with Crippen LogP contribution in [0.4, 0.5) is 4.79 Å². The first-order valence-electron chi connectivity index (χ1n) is 2.30. The minimum Gasteiger partial charge on any atom is -0.395 e. The molecule has 4 nitrogen and oxygen atoms in total. The summed E-state index contributed by atoms with van der Waals surface area (Å²) in [5.74, 6) is 0. The molecule has 0 saturated carbocycles. The molecule has 4 heteroatoms. The van der Waals surface area contributed by atoms with Crippen LogP contribution in [0.15, 0.2) is 0 Å². The van der Waals surface area contributed by atoms with E-state index in [1.54, 1.807) is 0 Å². The standard InChI is InChI=1S/C4H10N2O2/c1-6(2-3-7)4(5)8/h7H,2-3H2,1H3,(H2,5,8). The Balaban J connectivity index is 3.32. The van der Waals surface area contributed by atoms with E-state index >= 15 is 0 Å². The molecular weight excluding hydrogens is 108 g/mol. The number of amides is 2. The van der Waals surface area contributed by atoms with Crippen molar-refractivity contribution in [3.8, 4) is 0 Å². The van der Waals surface area contributed by atoms with Gasteiger partial charge in [0.25, 0.3) is 0 Å². The summed E-state index contributed by atoms with van der Waals surface area (Å²) in [5.41, 5.74) is 4.80. The SMILES string of the molecule is CN(CCO)C(N)=O. The highest BCUT2D eigenvalue weighted by molar-refractivity contribution is 5.71. The van der Waals surface area contributed by atoms with Crippen molar-refractivity contribution in [1.29, 1.82) is 0 Å². The second-order valence-corrected chi connectivity index (χ2v) is 1.48. The van der Waals surface area contributed by atoms with Crippen molar-refractivity contribution in [1.82, 2.24) is 4.90 Å². The molecule has 0 bridgehead atoms. The predicted molar refractivity (Wildman–Crippen MR) is 29.3 cm³/mol. The molecule has 3 N–H and O–H groups in total. The van der Waals surface area contributed by atoms with E-state index in [-0.39, 0.29) is 6.61 Å². The number of carbonyl (C=O) groups excluding carboxylic acids is 1. The Morgan fingerprint density at radius 3 is 2.50 bits per heavy atom. The van der Waals surface area contributed by atoms with Gasteiger partial charge in [0, 0.05) is 13.6 Å². The Bertz CT molecular complexity index is 84.1. The number of likely N-dealkylation sites (N-methyl/N-ethyl adjacent to an activating group) is 1. The second-order valence-electron chi connectivity index (χ2n) is 1.48. The number of aliphatic hydroxyl groups excluding tert-OH is 1. The zero-order valence-electron chi connectivity index (χ0n) is 4.79. The summed E-state index contributed by atoms with van der Waals surface area (Å²) < 4.78 is 0. The molecule has 0 aromatic heterocycles. The molecule has 0 aromatic carbocycles. The van der Waals surface area contributed by atoms with Gasteiger partial charge in [-0.15, -0.1) is 0 Å². The van der Waals surface area contributed by atoms with Gasteiger partial charge < -0.3 is 15.7 Å². The minimum atomic E-state index is -0.515. The molecule has 2 amide bonds. The molecule has 0 radical (unpaired) electrons. The molecule has 0 aliphatic rings. The summed E-state index contributed by atoms with van der Waals surface area (Å²) in [7, 11) is 1.53. The molecule has 0 fully saturated rings. The molecule has 48 valence electrons. The zero-order valence-corrected chi connectivity index (χ0v) is 4.79. The van der Waals surface area contributed by atoms with E-state index in [2.05, 4.69) is 0 Å². The maximum absolute atomic E-state index is 10.1. The monoisotopic (exact) mass is 118 g/mol. The molecule has 0 unspecified atom stereocenters. The molecule has 0 aliphatic heterocycles. The number of nitrogens with two attached hydrogens (primary N) is 1. The number of primary amides is 1. The van der Waals surface area contributed by atoms with Gasteiger partial charge in [-0.25, -0.2) is 4.79 Å². The second kappa shape index (κ2) is 3.26. The van der Waals surface area contributed by atoms with E-state index in [0.29, 0.717) is 6.54 Å². The van der Waals surface area contributed by atoms with Crippen molar-refractivity contribution < 1.29 is 9.90 Å². The van der Waals surface area contributed by atoms with Gasteiger partial charge in [-0.1, -0.05) is 0 Å². The Kier molecular flexibility index (Phi) is 2.95. The van der Waals surface area contributed by atoms with E-state index in [9.17, 15) is 4.79 Å². The van der Waals surface area contributed by atoms with Gasteiger partial charge in [-0.05, 0) is 0 Å². The third-order valence-corrected chi connectivity index (χ3v) is 0.812. The summed E-state index contributed by atoms with van der Waals surface area (Å²) in [6.07, 6.45) is 0. The summed E-state index contributed by atoms with van der Waals surface area (Å²) in [5, 5.41) is 8.24. The lowest BCUT2D eigenvalue weighted by Gasteiger charge is -2.10. The van der Waals surface area contributed by atoms with Crippen LogP contribution in [-0.4, -0.2) is 36.2 Å². The molecule has 0 aliphatic carbocycles. The molecule has 0 saturated heterocycles. The number of nitrogens with zero attached hydrogens (tertiary/aromatic N) is 1. The fourth-order valence-corrected chi connectivity index (χ4v) is 0.260. The highest BCUT2D eigenvalue weighted by atomic mass is 16.3. The topological polar surface area (TPSA) is 66.6 Å². The summed E-state index contributed by atoms with van der Waals surface area (Å²) in [6.45, 7) is 0.259. The van der Waals surface area contributed by atoms with E-state index in [1.165, 1.54) is 11.9 Å². The van der Waals surface area contributed by atoms with Gasteiger partial charge in [0.1, 0.15) is 0 Å². The van der Waals surface area contributed by atoms with Crippen molar-refractivity contribution in [3.05, 3.63) is 0 Å². The molecular formula is C4H10N2O2. The van der Waals surface area contributed by atoms with Crippen LogP contribution in [-0.2, 0) is 0 Å². The van der Waals surface area contributed by atoms with Crippen LogP contribution >= 0.6 is 0 Å². The normalized spacial score (nSPS) is 8.75. The molecule has 0 rings (SSSR count). The molecule has 8 heavy (non-hydrogen) atoms. The predicted octanol–water partition coefficient (Wildman–Crippen LogP) is -1.01. The van der Waals surface area contributed by atoms with Crippen molar-refractivity contribution in [3.63, 3.8) is 0 Å². The van der Waals surface area contributed by atoms with Crippen molar-refractivity contribution >= 4 is 6.03 Å². The van der Waals surface area contributed by atoms with Crippen molar-refractivity contribution in [2.24, 2.45) is 5.73 Å². The third-order valence-electron chi connectivity index (χ3n) is 0.812. The number of hydrogen-bond acceptors (Lipinski definition) is 2. The van der Waals surface area contributed by atoms with Gasteiger partial charge in [0.05, 0.1) is 6.61 Å². The van der Waals surface area contributed by atoms with Gasteiger partial charge in [-0.3, -0.25) is 0 Å². The van der Waals surface area contributed by atoms with Crippen LogP contribution < -0.4 is 5.73 Å². The van der Waals surface area contributed by atoms with Gasteiger partial charge in [0.15, 0.2) is 0 Å². The lowest BCUT2D eigenvalue weighted by molar-refractivity contribution is 0.198. The first-order valence-corrected chi connectivity index (χ1v) is 2.30. The highest BCUT2D eigenvalue weighted by Crippen LogP contribution is 1.76. The Labute approximate surface area is 47.9 Å². The Hall–Kier alpha value is -0.770. The maximum atomic E-state index is 10.1. The molecule has 0 atom stereocenters. The van der Waals surface area contributed by atoms with Crippen LogP contribution in [0.1, 0.15) is 0 Å². The first kappa shape index (κ1) is 7.23. The van der Waals surface area contributed by atoms with Crippen LogP contribution in [0.5, 0.6) is 0 Å². The molecule has 0 aromatic rings. The average Bonchev–Trinajstić information content (AvgIpc) is 1.67. The van der Waals surface area contributed by atoms with Gasteiger partial charge in [-0.2, -0.15) is 0 Å². The third kappa shape index (κ3) is 2.41. The quantitative estimate of drug-likeness (QED) is 0.488. The number of hydrogen-bond donors (Lipinski definition) is 2. The smallest absolute Gasteiger partial charge is 0.314 e. The summed E-state index contributed by atoms with van der Waals surface area (Å²) in [6, 6.07) is -0.515. The van der Waals surface area contributed by atoms with Crippen molar-refractivity contribution in [2.75, 3.05) is 20.2 Å². The van der Waals surface area contributed by atoms with Gasteiger partial charge >= 0.3 is 6.03 Å². The number of rotatable bonds is 2. The number of aliphatic hydroxyl groups is 1. The van der Waals surface area contributed by atoms with Crippen LogP contribution in [0.3, 0.4) is 0 Å². The fraction of sp³-hybridized carbons (Fsp3) is 0.750. The zero-order chi connectivity index (χ0) is 6.57. The molecule has 0 spiro atoms.